The molecule has 8 heteroatoms. The summed E-state index contributed by atoms with van der Waals surface area (Å²) in [6, 6.07) is 0. The van der Waals surface area contributed by atoms with Gasteiger partial charge in [-0.15, -0.1) is 25.3 Å². The third kappa shape index (κ3) is 1.82. The molecule has 0 bridgehead atoms. The van der Waals surface area contributed by atoms with E-state index in [1.807, 2.05) is 0 Å². The van der Waals surface area contributed by atoms with E-state index >= 15 is 0 Å². The molecule has 0 spiro atoms. The molecular weight excluding hydrogens is 240 g/mol. The molecule has 1 saturated heterocycles. The van der Waals surface area contributed by atoms with E-state index in [0.29, 0.717) is 0 Å². The molecule has 2 atom stereocenters. The maximum atomic E-state index is 11.8. The standard InChI is InChI=1S/C7H12N2O4S2/c1-7(15)6(11)8(12-2)5(14)4(10)9(7)13-3/h5,14-15H,1-3H3. The van der Waals surface area contributed by atoms with Crippen LogP contribution in [0.5, 0.6) is 0 Å². The first kappa shape index (κ1) is 12.6. The molecule has 0 N–H and O–H groups in total. The lowest BCUT2D eigenvalue weighted by molar-refractivity contribution is -0.238. The summed E-state index contributed by atoms with van der Waals surface area (Å²) in [5.74, 6) is -1.03. The minimum Gasteiger partial charge on any atom is -0.273 e. The number of thiol groups is 2. The van der Waals surface area contributed by atoms with Gasteiger partial charge in [-0.3, -0.25) is 19.3 Å². The third-order valence-corrected chi connectivity index (χ3v) is 2.83. The predicted molar refractivity (Wildman–Crippen MR) is 57.9 cm³/mol. The number of hydrogen-bond donors (Lipinski definition) is 2. The predicted octanol–water partition coefficient (Wildman–Crippen LogP) is -0.318. The zero-order valence-corrected chi connectivity index (χ0v) is 10.3. The van der Waals surface area contributed by atoms with Gasteiger partial charge < -0.3 is 0 Å². The second kappa shape index (κ2) is 4.20. The number of nitrogens with zero attached hydrogens (tertiary/aromatic N) is 2. The average Bonchev–Trinajstić information content (AvgIpc) is 2.17. The molecule has 2 amide bonds. The first-order valence-electron chi connectivity index (χ1n) is 4.04. The zero-order chi connectivity index (χ0) is 11.8. The Labute approximate surface area is 98.2 Å². The van der Waals surface area contributed by atoms with Gasteiger partial charge in [-0.1, -0.05) is 0 Å². The Morgan fingerprint density at radius 3 is 2.27 bits per heavy atom. The summed E-state index contributed by atoms with van der Waals surface area (Å²) in [4.78, 5) is 31.7. The van der Waals surface area contributed by atoms with Crippen molar-refractivity contribution < 1.29 is 19.3 Å². The second-order valence-corrected chi connectivity index (χ2v) is 4.38. The van der Waals surface area contributed by atoms with Gasteiger partial charge in [0, 0.05) is 0 Å². The molecule has 0 aromatic heterocycles. The number of hydrogen-bond acceptors (Lipinski definition) is 6. The molecule has 2 unspecified atom stereocenters. The van der Waals surface area contributed by atoms with Crippen molar-refractivity contribution in [2.75, 3.05) is 14.2 Å². The van der Waals surface area contributed by atoms with Crippen LogP contribution in [0.3, 0.4) is 0 Å². The van der Waals surface area contributed by atoms with Crippen molar-refractivity contribution in [3.63, 3.8) is 0 Å². The van der Waals surface area contributed by atoms with E-state index in [9.17, 15) is 9.59 Å². The number of rotatable bonds is 2. The lowest BCUT2D eigenvalue weighted by atomic mass is 10.2. The van der Waals surface area contributed by atoms with Crippen molar-refractivity contribution in [1.82, 2.24) is 10.1 Å². The van der Waals surface area contributed by atoms with Crippen molar-refractivity contribution in [3.8, 4) is 0 Å². The summed E-state index contributed by atoms with van der Waals surface area (Å²) in [5, 5.41) is 0.697. The van der Waals surface area contributed by atoms with Crippen molar-refractivity contribution >= 4 is 37.1 Å². The van der Waals surface area contributed by atoms with E-state index in [1.165, 1.54) is 21.1 Å². The van der Waals surface area contributed by atoms with E-state index in [1.54, 1.807) is 0 Å². The zero-order valence-electron chi connectivity index (χ0n) is 8.50. The monoisotopic (exact) mass is 252 g/mol. The molecule has 1 aliphatic rings. The summed E-state index contributed by atoms with van der Waals surface area (Å²) in [6.07, 6.45) is 0. The second-order valence-electron chi connectivity index (χ2n) is 3.02. The summed E-state index contributed by atoms with van der Waals surface area (Å²) in [7, 11) is 2.56. The topological polar surface area (TPSA) is 59.1 Å². The van der Waals surface area contributed by atoms with Crippen molar-refractivity contribution in [3.05, 3.63) is 0 Å². The van der Waals surface area contributed by atoms with Crippen LogP contribution in [0.15, 0.2) is 0 Å². The molecule has 15 heavy (non-hydrogen) atoms. The van der Waals surface area contributed by atoms with Gasteiger partial charge in [0.25, 0.3) is 11.8 Å². The van der Waals surface area contributed by atoms with Crippen LogP contribution in [0.1, 0.15) is 6.92 Å². The van der Waals surface area contributed by atoms with Crippen LogP contribution in [0, 0.1) is 0 Å². The van der Waals surface area contributed by atoms with Gasteiger partial charge in [0.05, 0.1) is 14.2 Å². The fourth-order valence-corrected chi connectivity index (χ4v) is 1.86. The highest BCUT2D eigenvalue weighted by Crippen LogP contribution is 2.31. The molecule has 0 aromatic rings. The summed E-state index contributed by atoms with van der Waals surface area (Å²) in [5.41, 5.74) is 0. The minimum absolute atomic E-state index is 0.514. The maximum absolute atomic E-state index is 11.8. The number of carbonyl (C=O) groups excluding carboxylic acids is 2. The molecule has 0 radical (unpaired) electrons. The molecule has 0 aliphatic carbocycles. The van der Waals surface area contributed by atoms with Gasteiger partial charge in [0.2, 0.25) is 0 Å². The lowest BCUT2D eigenvalue weighted by Crippen LogP contribution is -2.66. The Bertz CT molecular complexity index is 297. The van der Waals surface area contributed by atoms with E-state index in [4.69, 9.17) is 9.68 Å². The Kier molecular flexibility index (Phi) is 3.54. The van der Waals surface area contributed by atoms with Crippen LogP contribution in [-0.2, 0) is 19.3 Å². The smallest absolute Gasteiger partial charge is 0.273 e. The lowest BCUT2D eigenvalue weighted by Gasteiger charge is -2.43. The molecule has 1 heterocycles. The largest absolute Gasteiger partial charge is 0.286 e. The van der Waals surface area contributed by atoms with Gasteiger partial charge >= 0.3 is 0 Å². The van der Waals surface area contributed by atoms with Gasteiger partial charge in [-0.05, 0) is 6.92 Å². The molecule has 1 aliphatic heterocycles. The van der Waals surface area contributed by atoms with E-state index in [-0.39, 0.29) is 0 Å². The molecule has 1 fully saturated rings. The highest BCUT2D eigenvalue weighted by molar-refractivity contribution is 7.83. The Morgan fingerprint density at radius 2 is 1.87 bits per heavy atom. The van der Waals surface area contributed by atoms with Gasteiger partial charge in [-0.25, -0.2) is 0 Å². The SMILES string of the molecule is CON1C(=O)C(C)(S)N(OC)C(=O)C1S. The summed E-state index contributed by atoms with van der Waals surface area (Å²) < 4.78 is 0. The van der Waals surface area contributed by atoms with Gasteiger partial charge in [0.15, 0.2) is 10.2 Å². The number of carbonyl (C=O) groups is 2. The van der Waals surface area contributed by atoms with Crippen molar-refractivity contribution in [1.29, 1.82) is 0 Å². The normalized spacial score (nSPS) is 32.5. The van der Waals surface area contributed by atoms with E-state index < -0.39 is 22.1 Å². The van der Waals surface area contributed by atoms with Crippen LogP contribution in [0.2, 0.25) is 0 Å². The van der Waals surface area contributed by atoms with Crippen LogP contribution >= 0.6 is 25.3 Å². The van der Waals surface area contributed by atoms with Gasteiger partial charge in [-0.2, -0.15) is 10.1 Å². The first-order chi connectivity index (χ1) is 6.87. The third-order valence-electron chi connectivity index (χ3n) is 2.02. The minimum atomic E-state index is -1.40. The van der Waals surface area contributed by atoms with E-state index in [0.717, 1.165) is 10.1 Å². The van der Waals surface area contributed by atoms with Gasteiger partial charge in [0.1, 0.15) is 0 Å². The van der Waals surface area contributed by atoms with Crippen LogP contribution < -0.4 is 0 Å². The highest BCUT2D eigenvalue weighted by Gasteiger charge is 2.52. The van der Waals surface area contributed by atoms with E-state index in [2.05, 4.69) is 25.3 Å². The number of amides is 2. The van der Waals surface area contributed by atoms with Crippen molar-refractivity contribution in [2.45, 2.75) is 17.2 Å². The quantitative estimate of drug-likeness (QED) is 0.661. The fraction of sp³-hybridized carbons (Fsp3) is 0.714. The summed E-state index contributed by atoms with van der Waals surface area (Å²) >= 11 is 8.03. The fourth-order valence-electron chi connectivity index (χ4n) is 1.28. The summed E-state index contributed by atoms with van der Waals surface area (Å²) in [6.45, 7) is 1.44. The Hall–Kier alpha value is -0.440. The Balaban J connectivity index is 3.10. The maximum Gasteiger partial charge on any atom is 0.286 e. The number of hydroxylamine groups is 4. The number of piperazine rings is 1. The average molecular weight is 252 g/mol. The molecule has 1 rings (SSSR count). The first-order valence-corrected chi connectivity index (χ1v) is 5.00. The van der Waals surface area contributed by atoms with Crippen LogP contribution in [-0.4, -0.2) is 46.4 Å². The molecule has 0 aromatic carbocycles. The molecule has 86 valence electrons. The molecular formula is C7H12N2O4S2. The molecule has 0 saturated carbocycles. The van der Waals surface area contributed by atoms with Crippen LogP contribution in [0.4, 0.5) is 0 Å². The van der Waals surface area contributed by atoms with Crippen LogP contribution in [0.25, 0.3) is 0 Å². The Morgan fingerprint density at radius 1 is 1.33 bits per heavy atom. The highest BCUT2D eigenvalue weighted by atomic mass is 32.1. The van der Waals surface area contributed by atoms with Crippen molar-refractivity contribution in [2.24, 2.45) is 0 Å². The molecule has 6 nitrogen and oxygen atoms in total.